The fourth-order valence-electron chi connectivity index (χ4n) is 9.19. The highest BCUT2D eigenvalue weighted by molar-refractivity contribution is 6.30. The van der Waals surface area contributed by atoms with Crippen LogP contribution in [0.15, 0.2) is 54.6 Å². The SMILES string of the molecule is C=C(C)C(=O)OCCCc1cc(-c2ccc(C3CCC(C4CCC(CCCCC)CC4)CC3)cc2F)c(CC)cc1OCC(COC(=O)C(=C)C)(COC(=O)C(=O)OC)COC(=O)C(=O)OC. The van der Waals surface area contributed by atoms with Gasteiger partial charge >= 0.3 is 35.8 Å². The molecule has 2 aliphatic rings. The van der Waals surface area contributed by atoms with Crippen molar-refractivity contribution in [2.24, 2.45) is 23.2 Å². The molecule has 0 atom stereocenters. The second-order valence-corrected chi connectivity index (χ2v) is 18.4. The van der Waals surface area contributed by atoms with Gasteiger partial charge in [0.1, 0.15) is 43.4 Å². The van der Waals surface area contributed by atoms with Gasteiger partial charge in [0.2, 0.25) is 0 Å². The maximum absolute atomic E-state index is 16.5. The van der Waals surface area contributed by atoms with Gasteiger partial charge in [0.25, 0.3) is 0 Å². The van der Waals surface area contributed by atoms with Crippen molar-refractivity contribution in [1.82, 2.24) is 0 Å². The zero-order valence-electron chi connectivity index (χ0n) is 40.4. The van der Waals surface area contributed by atoms with Crippen LogP contribution in [0.25, 0.3) is 11.1 Å². The Labute approximate surface area is 395 Å². The molecule has 0 N–H and O–H groups in total. The smallest absolute Gasteiger partial charge is 0.417 e. The first-order valence-electron chi connectivity index (χ1n) is 23.8. The summed E-state index contributed by atoms with van der Waals surface area (Å²) in [6.45, 7) is 11.9. The number of ether oxygens (including phenoxy) is 7. The van der Waals surface area contributed by atoms with Crippen LogP contribution in [0.2, 0.25) is 0 Å². The molecular formula is C53H71FO13. The molecule has 0 spiro atoms. The number of carbonyl (C=O) groups excluding carboxylic acids is 6. The summed E-state index contributed by atoms with van der Waals surface area (Å²) >= 11 is 0. The van der Waals surface area contributed by atoms with Crippen LogP contribution in [0.5, 0.6) is 5.75 Å². The molecule has 2 fully saturated rings. The van der Waals surface area contributed by atoms with Gasteiger partial charge < -0.3 is 33.2 Å². The van der Waals surface area contributed by atoms with Crippen LogP contribution >= 0.6 is 0 Å². The maximum atomic E-state index is 16.5. The van der Waals surface area contributed by atoms with Crippen molar-refractivity contribution in [1.29, 1.82) is 0 Å². The molecule has 2 aromatic rings. The van der Waals surface area contributed by atoms with E-state index in [2.05, 4.69) is 29.6 Å². The zero-order valence-corrected chi connectivity index (χ0v) is 40.4. The Morgan fingerprint density at radius 2 is 1.18 bits per heavy atom. The highest BCUT2D eigenvalue weighted by Gasteiger charge is 2.40. The normalized spacial score (nSPS) is 18.2. The van der Waals surface area contributed by atoms with Crippen LogP contribution in [-0.2, 0) is 70.0 Å². The van der Waals surface area contributed by atoms with Gasteiger partial charge in [0.15, 0.2) is 0 Å². The summed E-state index contributed by atoms with van der Waals surface area (Å²) in [7, 11) is 1.96. The predicted octanol–water partition coefficient (Wildman–Crippen LogP) is 9.68. The lowest BCUT2D eigenvalue weighted by Crippen LogP contribution is -2.45. The third kappa shape index (κ3) is 16.1. The molecule has 0 heterocycles. The molecule has 67 heavy (non-hydrogen) atoms. The minimum atomic E-state index is -1.73. The Morgan fingerprint density at radius 1 is 0.627 bits per heavy atom. The standard InChI is InChI=1S/C53H71FO13/c1-9-11-12-14-36-16-18-38(19-17-36)39-20-22-40(23-21-39)41-24-25-43(45(54)28-41)44-27-42(15-13-26-63-47(55)34(3)4)46(29-37(44)10-2)64-30-53(31-65-48(56)35(5)6,32-66-51(59)49(57)61-7)33-67-52(60)50(58)62-8/h24-25,27-29,36,38-40H,3,5,9-23,26,30-33H2,1-2,4,6-8H3. The number of hydrogen-bond acceptors (Lipinski definition) is 13. The number of hydrogen-bond donors (Lipinski definition) is 0. The lowest BCUT2D eigenvalue weighted by Gasteiger charge is -2.38. The average Bonchev–Trinajstić information content (AvgIpc) is 3.34. The molecule has 2 aliphatic carbocycles. The van der Waals surface area contributed by atoms with Gasteiger partial charge in [-0.05, 0) is 136 Å². The number of aryl methyl sites for hydroxylation is 2. The number of esters is 6. The van der Waals surface area contributed by atoms with Crippen molar-refractivity contribution >= 4 is 35.8 Å². The molecule has 0 unspecified atom stereocenters. The van der Waals surface area contributed by atoms with Crippen molar-refractivity contribution in [2.45, 2.75) is 130 Å². The van der Waals surface area contributed by atoms with E-state index >= 15 is 4.39 Å². The predicted molar refractivity (Wildman–Crippen MR) is 249 cm³/mol. The molecule has 0 aromatic heterocycles. The van der Waals surface area contributed by atoms with E-state index in [9.17, 15) is 28.8 Å². The lowest BCUT2D eigenvalue weighted by molar-refractivity contribution is -0.177. The van der Waals surface area contributed by atoms with E-state index in [0.29, 0.717) is 35.3 Å². The van der Waals surface area contributed by atoms with Gasteiger partial charge in [-0.2, -0.15) is 0 Å². The van der Waals surface area contributed by atoms with Crippen LogP contribution in [0.1, 0.15) is 134 Å². The van der Waals surface area contributed by atoms with Gasteiger partial charge in [-0.15, -0.1) is 0 Å². The highest BCUT2D eigenvalue weighted by Crippen LogP contribution is 2.45. The first kappa shape index (κ1) is 54.1. The molecule has 0 radical (unpaired) electrons. The zero-order chi connectivity index (χ0) is 49.1. The van der Waals surface area contributed by atoms with Crippen molar-refractivity contribution in [3.05, 3.63) is 77.1 Å². The quantitative estimate of drug-likeness (QED) is 0.0340. The number of carbonyl (C=O) groups is 6. The number of halogens is 1. The Balaban J connectivity index is 1.63. The minimum absolute atomic E-state index is 0.0269. The second kappa shape index (κ2) is 26.7. The fourth-order valence-corrected chi connectivity index (χ4v) is 9.19. The molecule has 2 aromatic carbocycles. The number of rotatable bonds is 23. The van der Waals surface area contributed by atoms with Crippen molar-refractivity contribution in [2.75, 3.05) is 47.3 Å². The fraction of sp³-hybridized carbons (Fsp3) is 0.585. The molecule has 14 heteroatoms. The van der Waals surface area contributed by atoms with E-state index in [1.165, 1.54) is 71.1 Å². The number of benzene rings is 2. The third-order valence-electron chi connectivity index (χ3n) is 13.3. The van der Waals surface area contributed by atoms with Crippen molar-refractivity contribution < 1.29 is 66.3 Å². The van der Waals surface area contributed by atoms with E-state index < -0.39 is 67.7 Å². The molecular weight excluding hydrogens is 864 g/mol. The molecule has 0 amide bonds. The number of unbranched alkanes of at least 4 members (excludes halogenated alkanes) is 2. The monoisotopic (exact) mass is 934 g/mol. The van der Waals surface area contributed by atoms with E-state index in [1.54, 1.807) is 19.1 Å². The van der Waals surface area contributed by atoms with Gasteiger partial charge in [0, 0.05) is 16.7 Å². The largest absolute Gasteiger partial charge is 0.492 e. The van der Waals surface area contributed by atoms with E-state index in [1.807, 2.05) is 25.1 Å². The van der Waals surface area contributed by atoms with E-state index in [0.717, 1.165) is 55.9 Å². The van der Waals surface area contributed by atoms with Crippen LogP contribution in [0.3, 0.4) is 0 Å². The molecule has 13 nitrogen and oxygen atoms in total. The van der Waals surface area contributed by atoms with Crippen molar-refractivity contribution in [3.63, 3.8) is 0 Å². The van der Waals surface area contributed by atoms with Gasteiger partial charge in [0.05, 0.1) is 20.8 Å². The summed E-state index contributed by atoms with van der Waals surface area (Å²) in [5.74, 6) is -4.16. The Morgan fingerprint density at radius 3 is 1.70 bits per heavy atom. The van der Waals surface area contributed by atoms with E-state index in [-0.39, 0.29) is 35.9 Å². The maximum Gasteiger partial charge on any atom is 0.417 e. The van der Waals surface area contributed by atoms with Gasteiger partial charge in [-0.25, -0.2) is 33.2 Å². The summed E-state index contributed by atoms with van der Waals surface area (Å²) in [6.07, 6.45) is 16.2. The molecule has 0 bridgehead atoms. The summed E-state index contributed by atoms with van der Waals surface area (Å²) in [5.41, 5.74) is 1.91. The Bertz CT molecular complexity index is 2030. The number of methoxy groups -OCH3 is 2. The lowest BCUT2D eigenvalue weighted by atomic mass is 9.68. The minimum Gasteiger partial charge on any atom is -0.492 e. The Hall–Kier alpha value is -5.53. The van der Waals surface area contributed by atoms with E-state index in [4.69, 9.17) is 23.7 Å². The summed E-state index contributed by atoms with van der Waals surface area (Å²) < 4.78 is 53.2. The first-order chi connectivity index (χ1) is 32.0. The van der Waals surface area contributed by atoms with Crippen LogP contribution in [-0.4, -0.2) is 83.1 Å². The molecule has 368 valence electrons. The first-order valence-corrected chi connectivity index (χ1v) is 23.8. The summed E-state index contributed by atoms with van der Waals surface area (Å²) in [4.78, 5) is 73.9. The van der Waals surface area contributed by atoms with Crippen LogP contribution < -0.4 is 4.74 Å². The summed E-state index contributed by atoms with van der Waals surface area (Å²) in [5, 5.41) is 0. The van der Waals surface area contributed by atoms with Gasteiger partial charge in [-0.3, -0.25) is 0 Å². The average molecular weight is 935 g/mol. The van der Waals surface area contributed by atoms with Gasteiger partial charge in [-0.1, -0.05) is 77.7 Å². The molecule has 4 rings (SSSR count). The highest BCUT2D eigenvalue weighted by atomic mass is 19.1. The van der Waals surface area contributed by atoms with Crippen LogP contribution in [0, 0.1) is 29.0 Å². The molecule has 0 saturated heterocycles. The molecule has 2 saturated carbocycles. The van der Waals surface area contributed by atoms with Crippen LogP contribution in [0.4, 0.5) is 4.39 Å². The summed E-state index contributed by atoms with van der Waals surface area (Å²) in [6, 6.07) is 9.14. The topological polar surface area (TPSA) is 167 Å². The van der Waals surface area contributed by atoms with Crippen molar-refractivity contribution in [3.8, 4) is 16.9 Å². The Kier molecular flexibility index (Phi) is 21.6. The third-order valence-corrected chi connectivity index (χ3v) is 13.3. The molecule has 0 aliphatic heterocycles. The second-order valence-electron chi connectivity index (χ2n) is 18.4.